The average molecular weight is 938 g/mol. The molecular formula is C65H56BN3OS. The fourth-order valence-corrected chi connectivity index (χ4v) is 13.7. The van der Waals surface area contributed by atoms with Gasteiger partial charge in [-0.3, -0.25) is 0 Å². The van der Waals surface area contributed by atoms with Crippen molar-refractivity contribution in [3.05, 3.63) is 180 Å². The third-order valence-electron chi connectivity index (χ3n) is 16.7. The summed E-state index contributed by atoms with van der Waals surface area (Å²) in [7, 11) is 2.97. The lowest BCUT2D eigenvalue weighted by Crippen LogP contribution is -2.38. The minimum absolute atomic E-state index is 0.0615. The number of furan rings is 1. The molecule has 0 fully saturated rings. The van der Waals surface area contributed by atoms with Crippen LogP contribution in [0.5, 0.6) is 0 Å². The van der Waals surface area contributed by atoms with Gasteiger partial charge in [-0.15, -0.1) is 11.3 Å². The minimum Gasteiger partial charge on any atom is -0.456 e. The lowest BCUT2D eigenvalue weighted by molar-refractivity contribution is 0.332. The molecule has 346 valence electrons. The Labute approximate surface area is 420 Å². The zero-order valence-corrected chi connectivity index (χ0v) is 42.7. The van der Waals surface area contributed by atoms with E-state index in [4.69, 9.17) is 11.0 Å². The normalized spacial score (nSPS) is 15.9. The maximum absolute atomic E-state index is 6.65. The van der Waals surface area contributed by atoms with Crippen LogP contribution in [0.3, 0.4) is 0 Å². The Morgan fingerprint density at radius 3 is 2.13 bits per heavy atom. The summed E-state index contributed by atoms with van der Waals surface area (Å²) in [6.45, 7) is 21.3. The molecule has 3 aromatic heterocycles. The van der Waals surface area contributed by atoms with Crippen molar-refractivity contribution in [1.82, 2.24) is 4.57 Å². The quantitative estimate of drug-likeness (QED) is 0.179. The number of anilines is 3. The summed E-state index contributed by atoms with van der Waals surface area (Å²) in [6, 6.07) is 52.6. The van der Waals surface area contributed by atoms with E-state index in [1.807, 2.05) is 11.3 Å². The molecule has 0 saturated carbocycles. The molecule has 0 amide bonds. The van der Waals surface area contributed by atoms with Crippen molar-refractivity contribution in [2.75, 3.05) is 17.3 Å². The number of para-hydroxylation sites is 1. The van der Waals surface area contributed by atoms with Gasteiger partial charge in [0.25, 0.3) is 0 Å². The maximum Gasteiger partial charge on any atom is 0.198 e. The van der Waals surface area contributed by atoms with Gasteiger partial charge in [-0.25, -0.2) is 0 Å². The fourth-order valence-electron chi connectivity index (χ4n) is 12.5. The number of hydrogen-bond donors (Lipinski definition) is 1. The summed E-state index contributed by atoms with van der Waals surface area (Å²) in [5.74, 6) is 0. The van der Waals surface area contributed by atoms with E-state index in [0.29, 0.717) is 0 Å². The number of nitrogens with zero attached hydrogens (tertiary/aromatic N) is 2. The molecule has 4 nitrogen and oxygen atoms in total. The van der Waals surface area contributed by atoms with Crippen molar-refractivity contribution in [3.8, 4) is 16.8 Å². The van der Waals surface area contributed by atoms with Gasteiger partial charge in [-0.2, -0.15) is 0 Å². The first-order chi connectivity index (χ1) is 34.1. The van der Waals surface area contributed by atoms with Crippen LogP contribution in [0.15, 0.2) is 157 Å². The molecule has 1 aliphatic carbocycles. The second-order valence-corrected chi connectivity index (χ2v) is 24.1. The zero-order chi connectivity index (χ0) is 48.5. The van der Waals surface area contributed by atoms with Crippen LogP contribution < -0.4 is 21.1 Å². The highest BCUT2D eigenvalue weighted by Gasteiger charge is 2.38. The van der Waals surface area contributed by atoms with Gasteiger partial charge in [0, 0.05) is 94.2 Å². The third kappa shape index (κ3) is 6.29. The predicted molar refractivity (Wildman–Crippen MR) is 308 cm³/mol. The van der Waals surface area contributed by atoms with E-state index >= 15 is 0 Å². The highest BCUT2D eigenvalue weighted by atomic mass is 32.1. The molecule has 0 bridgehead atoms. The second kappa shape index (κ2) is 14.6. The first-order valence-electron chi connectivity index (χ1n) is 25.3. The summed E-state index contributed by atoms with van der Waals surface area (Å²) in [4.78, 5) is 2.34. The van der Waals surface area contributed by atoms with Crippen LogP contribution in [0.1, 0.15) is 89.1 Å². The summed E-state index contributed by atoms with van der Waals surface area (Å²) >= 11 is 1.93. The van der Waals surface area contributed by atoms with Gasteiger partial charge in [0.05, 0.1) is 11.2 Å². The van der Waals surface area contributed by atoms with Crippen LogP contribution in [0.2, 0.25) is 0 Å². The van der Waals surface area contributed by atoms with Crippen LogP contribution >= 0.6 is 11.3 Å². The monoisotopic (exact) mass is 937 g/mol. The first kappa shape index (κ1) is 42.6. The highest BCUT2D eigenvalue weighted by Crippen LogP contribution is 2.51. The average Bonchev–Trinajstić information content (AvgIpc) is 4.01. The number of aromatic nitrogens is 1. The van der Waals surface area contributed by atoms with E-state index in [1.165, 1.54) is 105 Å². The number of fused-ring (bicyclic) bond motifs is 13. The van der Waals surface area contributed by atoms with E-state index in [0.717, 1.165) is 63.1 Å². The summed E-state index contributed by atoms with van der Waals surface area (Å²) < 4.78 is 11.9. The first-order valence-corrected chi connectivity index (χ1v) is 26.1. The zero-order valence-electron chi connectivity index (χ0n) is 41.9. The van der Waals surface area contributed by atoms with Crippen LogP contribution in [-0.2, 0) is 16.2 Å². The van der Waals surface area contributed by atoms with Crippen LogP contribution in [0.4, 0.5) is 17.1 Å². The van der Waals surface area contributed by atoms with Gasteiger partial charge < -0.3 is 19.2 Å². The van der Waals surface area contributed by atoms with Crippen molar-refractivity contribution >= 4 is 122 Å². The van der Waals surface area contributed by atoms with Crippen molar-refractivity contribution in [1.29, 1.82) is 0 Å². The molecule has 2 aliphatic heterocycles. The number of nitrogens with one attached hydrogen (secondary N) is 1. The van der Waals surface area contributed by atoms with Crippen LogP contribution in [0, 0.1) is 0 Å². The SMILES string of the molecule is C=C1C=C(c2ccccc2)N(C)c2cc3c(cc21)Bc1c(-c2cc4c(cc2Nc2ccc(C(C)(C)C)cc2)sc2cc5c(cc24)C(C)(C)CCC5(C)C)ccc2c4cc5c(cc4n-3c12)oc1ccccc15. The summed E-state index contributed by atoms with van der Waals surface area (Å²) in [6.07, 6.45) is 4.63. The number of rotatable bonds is 4. The Bertz CT molecular complexity index is 4170. The lowest BCUT2D eigenvalue weighted by atomic mass is 9.58. The Balaban J connectivity index is 1.04. The number of benzene rings is 8. The highest BCUT2D eigenvalue weighted by molar-refractivity contribution is 7.25. The van der Waals surface area contributed by atoms with E-state index in [2.05, 4.69) is 216 Å². The molecule has 0 atom stereocenters. The summed E-state index contributed by atoms with van der Waals surface area (Å²) in [5, 5.41) is 11.5. The number of allylic oxidation sites excluding steroid dienone is 2. The fraction of sp³-hybridized carbons (Fsp3) is 0.200. The Kier molecular flexibility index (Phi) is 8.79. The molecular weight excluding hydrogens is 882 g/mol. The van der Waals surface area contributed by atoms with Crippen molar-refractivity contribution in [2.24, 2.45) is 0 Å². The maximum atomic E-state index is 6.65. The molecule has 5 heterocycles. The lowest BCUT2D eigenvalue weighted by Gasteiger charge is -2.41. The molecule has 6 heteroatoms. The minimum atomic E-state index is 0.0615. The van der Waals surface area contributed by atoms with Crippen LogP contribution in [-0.4, -0.2) is 18.9 Å². The van der Waals surface area contributed by atoms with Crippen molar-refractivity contribution in [2.45, 2.75) is 77.6 Å². The molecule has 71 heavy (non-hydrogen) atoms. The van der Waals surface area contributed by atoms with E-state index in [9.17, 15) is 0 Å². The molecule has 0 unspecified atom stereocenters. The van der Waals surface area contributed by atoms with E-state index in [-0.39, 0.29) is 16.2 Å². The predicted octanol–water partition coefficient (Wildman–Crippen LogP) is 16.3. The molecule has 8 aromatic carbocycles. The molecule has 0 radical (unpaired) electrons. The van der Waals surface area contributed by atoms with Gasteiger partial charge >= 0.3 is 0 Å². The molecule has 0 saturated heterocycles. The van der Waals surface area contributed by atoms with Crippen molar-refractivity contribution < 1.29 is 4.42 Å². The standard InChI is InChI=1S/C65H56BN3OS/c1-36-27-53(37-15-11-10-12-16-37)68(9)54-34-56-51(31-43(36)54)66-61-41(23-24-42-45-29-46-40-17-13-14-18-57(40)70-58(46)35-55(45)69(56)62(42)61)44-28-47-48-30-49-50(65(7,8)26-25-64(49,5)6)32-59(48)71-60(47)33-52(44)67-39-21-19-38(20-22-39)63(2,3)4/h10-24,27-35,66-67H,1,25-26H2,2-9H3. The Morgan fingerprint density at radius 2 is 1.35 bits per heavy atom. The van der Waals surface area contributed by atoms with Gasteiger partial charge in [0.15, 0.2) is 7.28 Å². The largest absolute Gasteiger partial charge is 0.456 e. The number of hydrogen-bond acceptors (Lipinski definition) is 4. The smallest absolute Gasteiger partial charge is 0.198 e. The van der Waals surface area contributed by atoms with Crippen molar-refractivity contribution in [3.63, 3.8) is 0 Å². The molecule has 1 N–H and O–H groups in total. The third-order valence-corrected chi connectivity index (χ3v) is 17.8. The second-order valence-electron chi connectivity index (χ2n) is 23.1. The van der Waals surface area contributed by atoms with Gasteiger partial charge in [0.2, 0.25) is 0 Å². The van der Waals surface area contributed by atoms with Crippen LogP contribution in [0.25, 0.3) is 92.0 Å². The topological polar surface area (TPSA) is 33.3 Å². The van der Waals surface area contributed by atoms with E-state index in [1.54, 1.807) is 0 Å². The Morgan fingerprint density at radius 1 is 0.634 bits per heavy atom. The van der Waals surface area contributed by atoms with E-state index < -0.39 is 0 Å². The van der Waals surface area contributed by atoms with Gasteiger partial charge in [0.1, 0.15) is 11.2 Å². The molecule has 3 aliphatic rings. The van der Waals surface area contributed by atoms with Gasteiger partial charge in [-0.1, -0.05) is 139 Å². The number of thiophene rings is 1. The summed E-state index contributed by atoms with van der Waals surface area (Å²) in [5.41, 5.74) is 23.0. The Hall–Kier alpha value is -7.28. The van der Waals surface area contributed by atoms with Gasteiger partial charge in [-0.05, 0) is 129 Å². The molecule has 11 aromatic rings. The molecule has 0 spiro atoms. The molecule has 14 rings (SSSR count).